The van der Waals surface area contributed by atoms with Gasteiger partial charge < -0.3 is 9.64 Å². The Hall–Kier alpha value is -0.920. The molecule has 0 amide bonds. The second kappa shape index (κ2) is 9.97. The molecular weight excluding hydrogens is 309 g/mol. The normalized spacial score (nSPS) is 12.7. The van der Waals surface area contributed by atoms with E-state index >= 15 is 0 Å². The Morgan fingerprint density at radius 3 is 1.86 bits per heavy atom. The standard InChI is InChI=1S/C14H24F5NO2/c1-3-5-8-20(9-6-4-2)10-7-12(21)22-11-13(15,16)14(17,18)19/h3-11H2,1-2H3. The molecule has 0 saturated heterocycles. The van der Waals surface area contributed by atoms with E-state index in [1.807, 2.05) is 18.7 Å². The van der Waals surface area contributed by atoms with Gasteiger partial charge in [-0.15, -0.1) is 0 Å². The first-order chi connectivity index (χ1) is 10.1. The van der Waals surface area contributed by atoms with Crippen molar-refractivity contribution >= 4 is 5.97 Å². The minimum Gasteiger partial charge on any atom is -0.459 e. The number of hydrogen-bond donors (Lipinski definition) is 0. The third-order valence-electron chi connectivity index (χ3n) is 3.12. The maximum atomic E-state index is 12.6. The average molecular weight is 333 g/mol. The fourth-order valence-corrected chi connectivity index (χ4v) is 1.67. The van der Waals surface area contributed by atoms with Crippen molar-refractivity contribution in [3.8, 4) is 0 Å². The molecule has 0 fully saturated rings. The molecule has 0 aromatic rings. The topological polar surface area (TPSA) is 29.5 Å². The third-order valence-corrected chi connectivity index (χ3v) is 3.12. The van der Waals surface area contributed by atoms with E-state index in [0.29, 0.717) is 6.54 Å². The number of alkyl halides is 5. The summed E-state index contributed by atoms with van der Waals surface area (Å²) < 4.78 is 65.1. The molecule has 0 saturated carbocycles. The first kappa shape index (κ1) is 21.1. The molecular formula is C14H24F5NO2. The number of esters is 1. The minimum absolute atomic E-state index is 0.193. The molecule has 0 aliphatic heterocycles. The number of carbonyl (C=O) groups excluding carboxylic acids is 1. The summed E-state index contributed by atoms with van der Waals surface area (Å²) in [5, 5.41) is 0. The highest BCUT2D eigenvalue weighted by Crippen LogP contribution is 2.35. The van der Waals surface area contributed by atoms with E-state index in [1.54, 1.807) is 0 Å². The van der Waals surface area contributed by atoms with Crippen LogP contribution < -0.4 is 0 Å². The zero-order chi connectivity index (χ0) is 17.2. The summed E-state index contributed by atoms with van der Waals surface area (Å²) in [4.78, 5) is 13.3. The van der Waals surface area contributed by atoms with Crippen LogP contribution in [0.2, 0.25) is 0 Å². The van der Waals surface area contributed by atoms with Gasteiger partial charge in [-0.05, 0) is 25.9 Å². The molecule has 8 heteroatoms. The smallest absolute Gasteiger partial charge is 0.456 e. The molecule has 0 bridgehead atoms. The van der Waals surface area contributed by atoms with Crippen LogP contribution >= 0.6 is 0 Å². The van der Waals surface area contributed by atoms with Gasteiger partial charge in [0, 0.05) is 6.54 Å². The summed E-state index contributed by atoms with van der Waals surface area (Å²) in [5.74, 6) is -6.05. The fraction of sp³-hybridized carbons (Fsp3) is 0.929. The van der Waals surface area contributed by atoms with E-state index in [2.05, 4.69) is 4.74 Å². The van der Waals surface area contributed by atoms with Gasteiger partial charge in [-0.25, -0.2) is 0 Å². The number of hydrogen-bond acceptors (Lipinski definition) is 3. The van der Waals surface area contributed by atoms with Gasteiger partial charge in [-0.2, -0.15) is 22.0 Å². The van der Waals surface area contributed by atoms with Crippen LogP contribution in [0.3, 0.4) is 0 Å². The van der Waals surface area contributed by atoms with Crippen molar-refractivity contribution in [3.63, 3.8) is 0 Å². The molecule has 3 nitrogen and oxygen atoms in total. The van der Waals surface area contributed by atoms with Crippen molar-refractivity contribution in [1.82, 2.24) is 4.90 Å². The summed E-state index contributed by atoms with van der Waals surface area (Å²) in [6, 6.07) is 0. The second-order valence-corrected chi connectivity index (χ2v) is 5.16. The number of halogens is 5. The molecule has 0 N–H and O–H groups in total. The quantitative estimate of drug-likeness (QED) is 0.422. The highest BCUT2D eigenvalue weighted by molar-refractivity contribution is 5.69. The van der Waals surface area contributed by atoms with Gasteiger partial charge in [0.05, 0.1) is 6.42 Å². The number of ether oxygens (including phenoxy) is 1. The minimum atomic E-state index is -5.71. The molecule has 0 rings (SSSR count). The Kier molecular flexibility index (Phi) is 9.55. The van der Waals surface area contributed by atoms with Gasteiger partial charge in [0.15, 0.2) is 6.61 Å². The molecule has 0 radical (unpaired) electrons. The zero-order valence-electron chi connectivity index (χ0n) is 13.0. The fourth-order valence-electron chi connectivity index (χ4n) is 1.67. The monoisotopic (exact) mass is 333 g/mol. The van der Waals surface area contributed by atoms with E-state index < -0.39 is 24.7 Å². The first-order valence-corrected chi connectivity index (χ1v) is 7.46. The Bertz CT molecular complexity index is 313. The van der Waals surface area contributed by atoms with Crippen LogP contribution in [-0.2, 0) is 9.53 Å². The van der Waals surface area contributed by atoms with E-state index in [4.69, 9.17) is 0 Å². The Morgan fingerprint density at radius 1 is 0.955 bits per heavy atom. The molecule has 132 valence electrons. The molecule has 0 atom stereocenters. The number of rotatable bonds is 11. The van der Waals surface area contributed by atoms with Crippen LogP contribution in [-0.4, -0.2) is 49.2 Å². The predicted octanol–water partition coefficient (Wildman–Crippen LogP) is 4.02. The highest BCUT2D eigenvalue weighted by atomic mass is 19.4. The lowest BCUT2D eigenvalue weighted by atomic mass is 10.2. The van der Waals surface area contributed by atoms with Crippen molar-refractivity contribution in [3.05, 3.63) is 0 Å². The lowest BCUT2D eigenvalue weighted by Gasteiger charge is -2.22. The van der Waals surface area contributed by atoms with Gasteiger partial charge in [0.1, 0.15) is 0 Å². The number of nitrogens with zero attached hydrogens (tertiary/aromatic N) is 1. The van der Waals surface area contributed by atoms with Crippen LogP contribution in [0.15, 0.2) is 0 Å². The van der Waals surface area contributed by atoms with Crippen molar-refractivity contribution in [1.29, 1.82) is 0 Å². The largest absolute Gasteiger partial charge is 0.459 e. The lowest BCUT2D eigenvalue weighted by molar-refractivity contribution is -0.294. The summed E-state index contributed by atoms with van der Waals surface area (Å²) in [5.41, 5.74) is 0. The maximum absolute atomic E-state index is 12.6. The van der Waals surface area contributed by atoms with Crippen LogP contribution in [0.1, 0.15) is 46.0 Å². The zero-order valence-corrected chi connectivity index (χ0v) is 13.0. The van der Waals surface area contributed by atoms with Crippen LogP contribution in [0.25, 0.3) is 0 Å². The molecule has 0 heterocycles. The second-order valence-electron chi connectivity index (χ2n) is 5.16. The van der Waals surface area contributed by atoms with Gasteiger partial charge in [0.2, 0.25) is 0 Å². The van der Waals surface area contributed by atoms with Crippen molar-refractivity contribution in [2.45, 2.75) is 58.1 Å². The Morgan fingerprint density at radius 2 is 1.45 bits per heavy atom. The van der Waals surface area contributed by atoms with E-state index in [9.17, 15) is 26.7 Å². The van der Waals surface area contributed by atoms with Crippen LogP contribution in [0.4, 0.5) is 22.0 Å². The highest BCUT2D eigenvalue weighted by Gasteiger charge is 2.58. The van der Waals surface area contributed by atoms with E-state index in [0.717, 1.165) is 38.8 Å². The number of unbranched alkanes of at least 4 members (excludes halogenated alkanes) is 2. The maximum Gasteiger partial charge on any atom is 0.456 e. The Balaban J connectivity index is 4.17. The van der Waals surface area contributed by atoms with Crippen molar-refractivity contribution in [2.75, 3.05) is 26.2 Å². The summed E-state index contributed by atoms with van der Waals surface area (Å²) in [6.07, 6.45) is -2.07. The van der Waals surface area contributed by atoms with Crippen LogP contribution in [0.5, 0.6) is 0 Å². The predicted molar refractivity (Wildman–Crippen MR) is 72.8 cm³/mol. The van der Waals surface area contributed by atoms with Gasteiger partial charge in [-0.3, -0.25) is 4.79 Å². The first-order valence-electron chi connectivity index (χ1n) is 7.46. The summed E-state index contributed by atoms with van der Waals surface area (Å²) in [6.45, 7) is 3.91. The molecule has 0 aromatic heterocycles. The van der Waals surface area contributed by atoms with Gasteiger partial charge in [0.25, 0.3) is 0 Å². The van der Waals surface area contributed by atoms with E-state index in [1.165, 1.54) is 0 Å². The molecule has 22 heavy (non-hydrogen) atoms. The SMILES string of the molecule is CCCCN(CCCC)CCC(=O)OCC(F)(F)C(F)(F)F. The van der Waals surface area contributed by atoms with Gasteiger partial charge in [-0.1, -0.05) is 26.7 Å². The van der Waals surface area contributed by atoms with E-state index in [-0.39, 0.29) is 6.42 Å². The summed E-state index contributed by atoms with van der Waals surface area (Å²) in [7, 11) is 0. The Labute approximate surface area is 127 Å². The summed E-state index contributed by atoms with van der Waals surface area (Å²) >= 11 is 0. The molecule has 0 unspecified atom stereocenters. The van der Waals surface area contributed by atoms with Gasteiger partial charge >= 0.3 is 18.1 Å². The lowest BCUT2D eigenvalue weighted by Crippen LogP contribution is -2.41. The molecule has 0 aliphatic carbocycles. The molecule has 0 aromatic carbocycles. The number of carbonyl (C=O) groups is 1. The third kappa shape index (κ3) is 8.51. The average Bonchev–Trinajstić information content (AvgIpc) is 2.43. The molecule has 0 aliphatic rings. The molecule has 0 spiro atoms. The van der Waals surface area contributed by atoms with Crippen LogP contribution in [0, 0.1) is 0 Å². The van der Waals surface area contributed by atoms with Crippen molar-refractivity contribution in [2.24, 2.45) is 0 Å². The van der Waals surface area contributed by atoms with Crippen molar-refractivity contribution < 1.29 is 31.5 Å².